The smallest absolute Gasteiger partial charge is 0.410 e. The second-order valence-corrected chi connectivity index (χ2v) is 6.36. The molecule has 132 valence electrons. The van der Waals surface area contributed by atoms with Crippen LogP contribution in [0.1, 0.15) is 5.56 Å². The standard InChI is InChI=1S/C19H17N3O4/c23-16-19(22(17(24)20-16)15-9-5-2-6-10-15)12-21(13-19)18(25)26-11-14-7-3-1-4-8-14/h1-10H,11-13H2,(H,20,23,24). The molecule has 0 unspecified atom stereocenters. The van der Waals surface area contributed by atoms with Crippen LogP contribution in [0.5, 0.6) is 0 Å². The first-order valence-corrected chi connectivity index (χ1v) is 8.26. The summed E-state index contributed by atoms with van der Waals surface area (Å²) in [7, 11) is 0. The van der Waals surface area contributed by atoms with Crippen LogP contribution in [-0.4, -0.2) is 41.6 Å². The Hall–Kier alpha value is -3.35. The van der Waals surface area contributed by atoms with Gasteiger partial charge < -0.3 is 9.64 Å². The van der Waals surface area contributed by atoms with Crippen LogP contribution in [0.25, 0.3) is 0 Å². The number of benzene rings is 2. The maximum atomic E-state index is 12.4. The number of carbonyl (C=O) groups is 3. The number of nitrogens with one attached hydrogen (secondary N) is 1. The number of hydrogen-bond donors (Lipinski definition) is 1. The highest BCUT2D eigenvalue weighted by Crippen LogP contribution is 2.36. The largest absolute Gasteiger partial charge is 0.445 e. The minimum atomic E-state index is -1.07. The molecule has 1 spiro atoms. The number of rotatable bonds is 3. The molecule has 0 radical (unpaired) electrons. The van der Waals surface area contributed by atoms with E-state index in [1.54, 1.807) is 24.3 Å². The van der Waals surface area contributed by atoms with Crippen molar-refractivity contribution in [3.63, 3.8) is 0 Å². The van der Waals surface area contributed by atoms with E-state index < -0.39 is 23.6 Å². The monoisotopic (exact) mass is 351 g/mol. The number of hydrogen-bond acceptors (Lipinski definition) is 4. The summed E-state index contributed by atoms with van der Waals surface area (Å²) >= 11 is 0. The van der Waals surface area contributed by atoms with Crippen LogP contribution >= 0.6 is 0 Å². The van der Waals surface area contributed by atoms with Gasteiger partial charge in [-0.3, -0.25) is 15.0 Å². The molecule has 2 fully saturated rings. The summed E-state index contributed by atoms with van der Waals surface area (Å²) in [4.78, 5) is 39.7. The van der Waals surface area contributed by atoms with Crippen LogP contribution in [0.3, 0.4) is 0 Å². The zero-order chi connectivity index (χ0) is 18.1. The number of urea groups is 1. The molecule has 4 rings (SSSR count). The number of anilines is 1. The summed E-state index contributed by atoms with van der Waals surface area (Å²) in [5.74, 6) is -0.390. The molecule has 2 aromatic rings. The van der Waals surface area contributed by atoms with Crippen LogP contribution in [-0.2, 0) is 16.1 Å². The summed E-state index contributed by atoms with van der Waals surface area (Å²) in [5.41, 5.74) is 0.438. The van der Waals surface area contributed by atoms with Crippen molar-refractivity contribution in [1.29, 1.82) is 0 Å². The Bertz CT molecular complexity index is 848. The summed E-state index contributed by atoms with van der Waals surface area (Å²) in [6, 6.07) is 17.8. The first kappa shape index (κ1) is 16.1. The minimum absolute atomic E-state index is 0.104. The lowest BCUT2D eigenvalue weighted by Gasteiger charge is -2.48. The van der Waals surface area contributed by atoms with Gasteiger partial charge in [-0.1, -0.05) is 48.5 Å². The SMILES string of the molecule is O=C(OCc1ccccc1)N1CC2(C1)C(=O)NC(=O)N2c1ccccc1. The molecule has 0 saturated carbocycles. The van der Waals surface area contributed by atoms with E-state index in [-0.39, 0.29) is 19.7 Å². The van der Waals surface area contributed by atoms with E-state index in [0.717, 1.165) is 5.56 Å². The molecule has 2 aliphatic rings. The summed E-state index contributed by atoms with van der Waals surface area (Å²) in [6.07, 6.45) is -0.500. The van der Waals surface area contributed by atoms with Gasteiger partial charge in [0.2, 0.25) is 0 Å². The first-order valence-electron chi connectivity index (χ1n) is 8.26. The lowest BCUT2D eigenvalue weighted by molar-refractivity contribution is -0.128. The molecular weight excluding hydrogens is 334 g/mol. The lowest BCUT2D eigenvalue weighted by atomic mass is 9.88. The molecule has 26 heavy (non-hydrogen) atoms. The molecule has 4 amide bonds. The van der Waals surface area contributed by atoms with Gasteiger partial charge in [-0.15, -0.1) is 0 Å². The third-order valence-electron chi connectivity index (χ3n) is 4.66. The molecule has 0 bridgehead atoms. The van der Waals surface area contributed by atoms with Crippen LogP contribution in [0.4, 0.5) is 15.3 Å². The third kappa shape index (κ3) is 2.57. The van der Waals surface area contributed by atoms with Crippen molar-refractivity contribution in [3.05, 3.63) is 66.2 Å². The summed E-state index contributed by atoms with van der Waals surface area (Å²) < 4.78 is 5.29. The van der Waals surface area contributed by atoms with Crippen LogP contribution in [0, 0.1) is 0 Å². The van der Waals surface area contributed by atoms with Gasteiger partial charge in [0.05, 0.1) is 13.1 Å². The van der Waals surface area contributed by atoms with Crippen molar-refractivity contribution in [3.8, 4) is 0 Å². The predicted octanol–water partition coefficient (Wildman–Crippen LogP) is 2.13. The number of para-hydroxylation sites is 1. The molecule has 7 nitrogen and oxygen atoms in total. The molecule has 0 aromatic heterocycles. The molecule has 7 heteroatoms. The van der Waals surface area contributed by atoms with Crippen LogP contribution in [0.2, 0.25) is 0 Å². The van der Waals surface area contributed by atoms with Gasteiger partial charge in [-0.25, -0.2) is 9.59 Å². The van der Waals surface area contributed by atoms with E-state index in [0.29, 0.717) is 5.69 Å². The van der Waals surface area contributed by atoms with Crippen molar-refractivity contribution in [2.45, 2.75) is 12.1 Å². The Morgan fingerprint density at radius 3 is 2.27 bits per heavy atom. The Morgan fingerprint density at radius 2 is 1.62 bits per heavy atom. The molecule has 1 N–H and O–H groups in total. The predicted molar refractivity (Wildman–Crippen MR) is 93.4 cm³/mol. The molecule has 2 saturated heterocycles. The number of nitrogens with zero attached hydrogens (tertiary/aromatic N) is 2. The average Bonchev–Trinajstić information content (AvgIpc) is 2.90. The second-order valence-electron chi connectivity index (χ2n) is 6.36. The highest BCUT2D eigenvalue weighted by molar-refractivity contribution is 6.18. The normalized spacial score (nSPS) is 17.8. The Labute approximate surface area is 150 Å². The van der Waals surface area contributed by atoms with Crippen LogP contribution in [0.15, 0.2) is 60.7 Å². The van der Waals surface area contributed by atoms with E-state index in [1.165, 1.54) is 9.80 Å². The van der Waals surface area contributed by atoms with Gasteiger partial charge in [-0.05, 0) is 17.7 Å². The number of imide groups is 1. The fourth-order valence-corrected chi connectivity index (χ4v) is 3.32. The van der Waals surface area contributed by atoms with Gasteiger partial charge in [0.15, 0.2) is 5.54 Å². The van der Waals surface area contributed by atoms with Crippen molar-refractivity contribution in [1.82, 2.24) is 10.2 Å². The fraction of sp³-hybridized carbons (Fsp3) is 0.211. The van der Waals surface area contributed by atoms with E-state index in [9.17, 15) is 14.4 Å². The Balaban J connectivity index is 1.45. The molecule has 2 aliphatic heterocycles. The van der Waals surface area contributed by atoms with Gasteiger partial charge in [-0.2, -0.15) is 0 Å². The average molecular weight is 351 g/mol. The molecule has 0 aliphatic carbocycles. The van der Waals surface area contributed by atoms with Crippen LogP contribution < -0.4 is 10.2 Å². The molecular formula is C19H17N3O4. The van der Waals surface area contributed by atoms with Crippen molar-refractivity contribution >= 4 is 23.7 Å². The van der Waals surface area contributed by atoms with E-state index in [2.05, 4.69) is 5.32 Å². The van der Waals surface area contributed by atoms with Gasteiger partial charge in [0.25, 0.3) is 5.91 Å². The zero-order valence-electron chi connectivity index (χ0n) is 13.9. The van der Waals surface area contributed by atoms with Gasteiger partial charge >= 0.3 is 12.1 Å². The number of amides is 4. The summed E-state index contributed by atoms with van der Waals surface area (Å²) in [5, 5.41) is 2.34. The number of likely N-dealkylation sites (tertiary alicyclic amines) is 1. The fourth-order valence-electron chi connectivity index (χ4n) is 3.32. The van der Waals surface area contributed by atoms with Crippen molar-refractivity contribution in [2.75, 3.05) is 18.0 Å². The highest BCUT2D eigenvalue weighted by Gasteiger charge is 2.62. The molecule has 0 atom stereocenters. The summed E-state index contributed by atoms with van der Waals surface area (Å²) in [6.45, 7) is 0.372. The highest BCUT2D eigenvalue weighted by atomic mass is 16.6. The number of carbonyl (C=O) groups excluding carboxylic acids is 3. The quantitative estimate of drug-likeness (QED) is 0.860. The van der Waals surface area contributed by atoms with Crippen molar-refractivity contribution < 1.29 is 19.1 Å². The minimum Gasteiger partial charge on any atom is -0.445 e. The van der Waals surface area contributed by atoms with Gasteiger partial charge in [0, 0.05) is 5.69 Å². The topological polar surface area (TPSA) is 79.0 Å². The molecule has 2 heterocycles. The lowest BCUT2D eigenvalue weighted by Crippen LogP contribution is -2.73. The van der Waals surface area contributed by atoms with E-state index >= 15 is 0 Å². The first-order chi connectivity index (χ1) is 12.6. The van der Waals surface area contributed by atoms with E-state index in [1.807, 2.05) is 36.4 Å². The molecule has 2 aromatic carbocycles. The number of ether oxygens (including phenoxy) is 1. The third-order valence-corrected chi connectivity index (χ3v) is 4.66. The maximum Gasteiger partial charge on any atom is 0.410 e. The van der Waals surface area contributed by atoms with E-state index in [4.69, 9.17) is 4.74 Å². The van der Waals surface area contributed by atoms with Gasteiger partial charge in [0.1, 0.15) is 6.61 Å². The zero-order valence-corrected chi connectivity index (χ0v) is 13.9. The Kier molecular flexibility index (Phi) is 3.84. The van der Waals surface area contributed by atoms with Crippen molar-refractivity contribution in [2.24, 2.45) is 0 Å². The second kappa shape index (κ2) is 6.18. The Morgan fingerprint density at radius 1 is 1.00 bits per heavy atom. The maximum absolute atomic E-state index is 12.4.